The minimum atomic E-state index is -0.894. The lowest BCUT2D eigenvalue weighted by molar-refractivity contribution is -0.142. The number of H-pyrrole nitrogens is 1. The van der Waals surface area contributed by atoms with E-state index in [0.29, 0.717) is 18.2 Å². The first-order chi connectivity index (χ1) is 10.3. The summed E-state index contributed by atoms with van der Waals surface area (Å²) >= 11 is 0. The fourth-order valence-corrected chi connectivity index (χ4v) is 3.79. The molecule has 0 radical (unpaired) electrons. The molecule has 1 saturated carbocycles. The Morgan fingerprint density at radius 2 is 2.09 bits per heavy atom. The Bertz CT molecular complexity index is 602. The number of rotatable bonds is 2. The molecule has 2 N–H and O–H groups in total. The molecule has 0 spiro atoms. The fraction of sp³-hybridized carbons (Fsp3) is 0.688. The highest BCUT2D eigenvalue weighted by Gasteiger charge is 2.50. The van der Waals surface area contributed by atoms with Crippen molar-refractivity contribution in [1.82, 2.24) is 15.1 Å². The zero-order valence-corrected chi connectivity index (χ0v) is 13.3. The van der Waals surface area contributed by atoms with Crippen LogP contribution in [-0.4, -0.2) is 44.7 Å². The maximum atomic E-state index is 12.7. The van der Waals surface area contributed by atoms with Gasteiger partial charge in [0.25, 0.3) is 5.91 Å². The molecule has 0 aromatic carbocycles. The molecule has 3 rings (SSSR count). The summed E-state index contributed by atoms with van der Waals surface area (Å²) in [5.74, 6) is -0.739. The Hall–Kier alpha value is -1.85. The first-order valence-electron chi connectivity index (χ1n) is 7.88. The molecule has 22 heavy (non-hydrogen) atoms. The van der Waals surface area contributed by atoms with Crippen LogP contribution >= 0.6 is 0 Å². The second-order valence-corrected chi connectivity index (χ2v) is 7.51. The molecular formula is C16H23N3O3. The van der Waals surface area contributed by atoms with Crippen molar-refractivity contribution in [3.63, 3.8) is 0 Å². The zero-order valence-electron chi connectivity index (χ0n) is 13.3. The monoisotopic (exact) mass is 305 g/mol. The van der Waals surface area contributed by atoms with Gasteiger partial charge in [0, 0.05) is 17.7 Å². The zero-order chi connectivity index (χ0) is 16.1. The van der Waals surface area contributed by atoms with E-state index in [1.807, 2.05) is 20.8 Å². The second-order valence-electron chi connectivity index (χ2n) is 7.51. The van der Waals surface area contributed by atoms with Crippen molar-refractivity contribution in [3.05, 3.63) is 17.5 Å². The summed E-state index contributed by atoms with van der Waals surface area (Å²) in [6.07, 6.45) is 2.99. The average molecular weight is 305 g/mol. The summed E-state index contributed by atoms with van der Waals surface area (Å²) in [5.41, 5.74) is 1.07. The number of nitrogens with zero attached hydrogens (tertiary/aromatic N) is 2. The van der Waals surface area contributed by atoms with E-state index in [0.717, 1.165) is 25.0 Å². The molecule has 0 bridgehead atoms. The SMILES string of the molecule is CC(C)(C)c1cc(C(=O)N2CC3CCCC3C2C(=O)O)n[nH]1. The van der Waals surface area contributed by atoms with Gasteiger partial charge in [-0.05, 0) is 30.7 Å². The second kappa shape index (κ2) is 5.11. The maximum Gasteiger partial charge on any atom is 0.326 e. The molecule has 2 fully saturated rings. The van der Waals surface area contributed by atoms with Gasteiger partial charge in [-0.15, -0.1) is 0 Å². The predicted octanol–water partition coefficient (Wildman–Crippen LogP) is 2.03. The van der Waals surface area contributed by atoms with Gasteiger partial charge in [-0.3, -0.25) is 9.89 Å². The third-order valence-electron chi connectivity index (χ3n) is 5.01. The van der Waals surface area contributed by atoms with E-state index >= 15 is 0 Å². The van der Waals surface area contributed by atoms with Crippen LogP contribution in [0.15, 0.2) is 6.07 Å². The van der Waals surface area contributed by atoms with Gasteiger partial charge < -0.3 is 10.0 Å². The quantitative estimate of drug-likeness (QED) is 0.875. The number of hydrogen-bond donors (Lipinski definition) is 2. The number of aromatic nitrogens is 2. The number of carboxylic acids is 1. The normalized spacial score (nSPS) is 28.0. The fourth-order valence-electron chi connectivity index (χ4n) is 3.79. The number of aliphatic carboxylic acids is 1. The van der Waals surface area contributed by atoms with Crippen molar-refractivity contribution in [2.75, 3.05) is 6.54 Å². The lowest BCUT2D eigenvalue weighted by atomic mass is 9.92. The highest BCUT2D eigenvalue weighted by atomic mass is 16.4. The van der Waals surface area contributed by atoms with Gasteiger partial charge >= 0.3 is 5.97 Å². The predicted molar refractivity (Wildman–Crippen MR) is 80.6 cm³/mol. The van der Waals surface area contributed by atoms with Crippen molar-refractivity contribution in [3.8, 4) is 0 Å². The van der Waals surface area contributed by atoms with Crippen molar-refractivity contribution in [1.29, 1.82) is 0 Å². The maximum absolute atomic E-state index is 12.7. The molecule has 120 valence electrons. The molecule has 6 nitrogen and oxygen atoms in total. The lowest BCUT2D eigenvalue weighted by Gasteiger charge is -2.23. The topological polar surface area (TPSA) is 86.3 Å². The van der Waals surface area contributed by atoms with Crippen LogP contribution in [0.2, 0.25) is 0 Å². The van der Waals surface area contributed by atoms with Gasteiger partial charge in [-0.2, -0.15) is 5.10 Å². The van der Waals surface area contributed by atoms with Gasteiger partial charge in [-0.25, -0.2) is 4.79 Å². The number of amides is 1. The Morgan fingerprint density at radius 1 is 1.36 bits per heavy atom. The lowest BCUT2D eigenvalue weighted by Crippen LogP contribution is -2.43. The van der Waals surface area contributed by atoms with Crippen molar-refractivity contribution >= 4 is 11.9 Å². The van der Waals surface area contributed by atoms with Gasteiger partial charge in [-0.1, -0.05) is 27.2 Å². The van der Waals surface area contributed by atoms with E-state index in [1.165, 1.54) is 4.90 Å². The van der Waals surface area contributed by atoms with Crippen molar-refractivity contribution in [2.45, 2.75) is 51.5 Å². The smallest absolute Gasteiger partial charge is 0.326 e. The van der Waals surface area contributed by atoms with Crippen molar-refractivity contribution in [2.24, 2.45) is 11.8 Å². The highest BCUT2D eigenvalue weighted by Crippen LogP contribution is 2.42. The van der Waals surface area contributed by atoms with E-state index < -0.39 is 12.0 Å². The third-order valence-corrected chi connectivity index (χ3v) is 5.01. The number of fused-ring (bicyclic) bond motifs is 1. The Morgan fingerprint density at radius 3 is 2.68 bits per heavy atom. The number of hydrogen-bond acceptors (Lipinski definition) is 3. The van der Waals surface area contributed by atoms with Crippen LogP contribution in [0.25, 0.3) is 0 Å². The molecule has 6 heteroatoms. The van der Waals surface area contributed by atoms with Crippen LogP contribution < -0.4 is 0 Å². The summed E-state index contributed by atoms with van der Waals surface area (Å²) in [6, 6.07) is 1.05. The van der Waals surface area contributed by atoms with Gasteiger partial charge in [0.1, 0.15) is 11.7 Å². The molecule has 2 heterocycles. The van der Waals surface area contributed by atoms with Crippen LogP contribution in [0, 0.1) is 11.8 Å². The minimum absolute atomic E-state index is 0.0995. The summed E-state index contributed by atoms with van der Waals surface area (Å²) < 4.78 is 0. The summed E-state index contributed by atoms with van der Waals surface area (Å²) in [4.78, 5) is 25.9. The number of likely N-dealkylation sites (tertiary alicyclic amines) is 1. The average Bonchev–Trinajstić information content (AvgIpc) is 3.11. The molecular weight excluding hydrogens is 282 g/mol. The third kappa shape index (κ3) is 2.40. The number of carboxylic acid groups (broad SMARTS) is 1. The minimum Gasteiger partial charge on any atom is -0.480 e. The molecule has 1 aliphatic heterocycles. The molecule has 1 amide bonds. The molecule has 1 aliphatic carbocycles. The van der Waals surface area contributed by atoms with E-state index in [-0.39, 0.29) is 17.2 Å². The first kappa shape index (κ1) is 15.1. The highest BCUT2D eigenvalue weighted by molar-refractivity contribution is 5.95. The summed E-state index contributed by atoms with van der Waals surface area (Å²) in [5, 5.41) is 16.5. The molecule has 1 saturated heterocycles. The number of nitrogens with one attached hydrogen (secondary N) is 1. The Kier molecular flexibility index (Phi) is 3.50. The van der Waals surface area contributed by atoms with E-state index in [1.54, 1.807) is 6.07 Å². The van der Waals surface area contributed by atoms with E-state index in [4.69, 9.17) is 0 Å². The molecule has 3 atom stereocenters. The van der Waals surface area contributed by atoms with Gasteiger partial charge in [0.2, 0.25) is 0 Å². The van der Waals surface area contributed by atoms with Crippen LogP contribution in [0.3, 0.4) is 0 Å². The van der Waals surface area contributed by atoms with E-state index in [9.17, 15) is 14.7 Å². The molecule has 1 aromatic heterocycles. The largest absolute Gasteiger partial charge is 0.480 e. The molecule has 2 aliphatic rings. The number of carbonyl (C=O) groups excluding carboxylic acids is 1. The Balaban J connectivity index is 1.85. The number of aromatic amines is 1. The summed E-state index contributed by atoms with van der Waals surface area (Å²) in [7, 11) is 0. The molecule has 1 aromatic rings. The van der Waals surface area contributed by atoms with Crippen LogP contribution in [0.5, 0.6) is 0 Å². The first-order valence-corrected chi connectivity index (χ1v) is 7.88. The van der Waals surface area contributed by atoms with Gasteiger partial charge in [0.05, 0.1) is 0 Å². The van der Waals surface area contributed by atoms with Crippen molar-refractivity contribution < 1.29 is 14.7 Å². The Labute approximate surface area is 129 Å². The van der Waals surface area contributed by atoms with Gasteiger partial charge in [0.15, 0.2) is 0 Å². The van der Waals surface area contributed by atoms with Crippen LogP contribution in [-0.2, 0) is 10.2 Å². The van der Waals surface area contributed by atoms with Crippen LogP contribution in [0.4, 0.5) is 0 Å². The molecule has 3 unspecified atom stereocenters. The van der Waals surface area contributed by atoms with Crippen LogP contribution in [0.1, 0.15) is 56.2 Å². The van der Waals surface area contributed by atoms with E-state index in [2.05, 4.69) is 10.2 Å². The standard InChI is InChI=1S/C16H23N3O3/c1-16(2,3)12-7-11(17-18-12)14(20)19-8-9-5-4-6-10(9)13(19)15(21)22/h7,9-10,13H,4-6,8H2,1-3H3,(H,17,18)(H,21,22). The summed E-state index contributed by atoms with van der Waals surface area (Å²) in [6.45, 7) is 6.65. The number of carbonyl (C=O) groups is 2.